The van der Waals surface area contributed by atoms with Crippen molar-refractivity contribution in [1.82, 2.24) is 0 Å². The molecule has 14 heavy (non-hydrogen) atoms. The molecule has 0 aliphatic rings. The number of halogens is 3. The van der Waals surface area contributed by atoms with Gasteiger partial charge in [0.15, 0.2) is 0 Å². The molecule has 0 saturated carbocycles. The molecule has 0 unspecified atom stereocenters. The fraction of sp³-hybridized carbons (Fsp3) is 0.143. The molecule has 3 nitrogen and oxygen atoms in total. The Hall–Kier alpha value is 0.410. The topological polar surface area (TPSA) is 46.2 Å². The Morgan fingerprint density at radius 2 is 1.71 bits per heavy atom. The van der Waals surface area contributed by atoms with Gasteiger partial charge in [0.05, 0.1) is 5.69 Å². The highest BCUT2D eigenvalue weighted by Crippen LogP contribution is 2.31. The van der Waals surface area contributed by atoms with Gasteiger partial charge < -0.3 is 0 Å². The summed E-state index contributed by atoms with van der Waals surface area (Å²) in [5.41, 5.74) is 0.506. The van der Waals surface area contributed by atoms with Crippen molar-refractivity contribution >= 4 is 63.5 Å². The second-order valence-corrected chi connectivity index (χ2v) is 7.16. The Morgan fingerprint density at radius 3 is 2.14 bits per heavy atom. The molecule has 78 valence electrons. The molecule has 0 saturated heterocycles. The maximum absolute atomic E-state index is 11.3. The van der Waals surface area contributed by atoms with Crippen LogP contribution >= 0.6 is 47.8 Å². The van der Waals surface area contributed by atoms with Gasteiger partial charge in [0.2, 0.25) is 10.0 Å². The Morgan fingerprint density at radius 1 is 1.21 bits per heavy atom. The SMILES string of the molecule is O=S(=O)(CBr)Nc1c(Br)cccc1Br. The minimum Gasteiger partial charge on any atom is -0.281 e. The van der Waals surface area contributed by atoms with E-state index in [0.717, 1.165) is 0 Å². The molecule has 0 radical (unpaired) electrons. The van der Waals surface area contributed by atoms with E-state index in [1.165, 1.54) is 0 Å². The lowest BCUT2D eigenvalue weighted by Crippen LogP contribution is -2.13. The molecule has 1 N–H and O–H groups in total. The highest BCUT2D eigenvalue weighted by Gasteiger charge is 2.12. The molecule has 0 aliphatic carbocycles. The first-order valence-corrected chi connectivity index (χ1v) is 7.83. The Kier molecular flexibility index (Phi) is 4.42. The summed E-state index contributed by atoms with van der Waals surface area (Å²) >= 11 is 9.41. The van der Waals surface area contributed by atoms with Gasteiger partial charge in [-0.3, -0.25) is 4.72 Å². The Bertz CT molecular complexity index is 412. The molecular weight excluding hydrogens is 402 g/mol. The van der Waals surface area contributed by atoms with Crippen molar-refractivity contribution in [2.75, 3.05) is 9.38 Å². The van der Waals surface area contributed by atoms with Crippen molar-refractivity contribution in [1.29, 1.82) is 0 Å². The van der Waals surface area contributed by atoms with Crippen molar-refractivity contribution in [2.24, 2.45) is 0 Å². The van der Waals surface area contributed by atoms with Crippen LogP contribution in [0.2, 0.25) is 0 Å². The molecule has 0 amide bonds. The predicted octanol–water partition coefficient (Wildman–Crippen LogP) is 3.31. The third-order valence-electron chi connectivity index (χ3n) is 1.36. The van der Waals surface area contributed by atoms with E-state index in [1.54, 1.807) is 18.2 Å². The van der Waals surface area contributed by atoms with E-state index in [9.17, 15) is 8.42 Å². The Labute approximate surface area is 108 Å². The fourth-order valence-corrected chi connectivity index (χ4v) is 3.17. The molecule has 1 aromatic carbocycles. The van der Waals surface area contributed by atoms with Crippen molar-refractivity contribution in [2.45, 2.75) is 0 Å². The average molecular weight is 408 g/mol. The number of nitrogens with one attached hydrogen (secondary N) is 1. The Balaban J connectivity index is 3.09. The van der Waals surface area contributed by atoms with E-state index in [4.69, 9.17) is 0 Å². The van der Waals surface area contributed by atoms with E-state index in [1.807, 2.05) is 0 Å². The highest BCUT2D eigenvalue weighted by molar-refractivity contribution is 9.11. The predicted molar refractivity (Wildman–Crippen MR) is 68.2 cm³/mol. The molecule has 0 heterocycles. The monoisotopic (exact) mass is 405 g/mol. The fourth-order valence-electron chi connectivity index (χ4n) is 0.778. The van der Waals surface area contributed by atoms with Crippen molar-refractivity contribution < 1.29 is 8.42 Å². The molecule has 7 heteroatoms. The van der Waals surface area contributed by atoms with Gasteiger partial charge in [-0.25, -0.2) is 8.42 Å². The minimum absolute atomic E-state index is 0.131. The van der Waals surface area contributed by atoms with Gasteiger partial charge in [-0.05, 0) is 44.0 Å². The number of benzene rings is 1. The van der Waals surface area contributed by atoms with Crippen LogP contribution in [0.15, 0.2) is 27.1 Å². The van der Waals surface area contributed by atoms with Crippen LogP contribution in [0, 0.1) is 0 Å². The number of para-hydroxylation sites is 1. The van der Waals surface area contributed by atoms with Crippen molar-refractivity contribution in [3.05, 3.63) is 27.1 Å². The number of anilines is 1. The number of hydrogen-bond acceptors (Lipinski definition) is 2. The second kappa shape index (κ2) is 4.96. The zero-order valence-corrected chi connectivity index (χ0v) is 12.4. The van der Waals surface area contributed by atoms with Crippen LogP contribution in [0.4, 0.5) is 5.69 Å². The second-order valence-electron chi connectivity index (χ2n) is 2.42. The summed E-state index contributed by atoms with van der Waals surface area (Å²) in [4.78, 5) is 0. The molecule has 0 aliphatic heterocycles. The van der Waals surface area contributed by atoms with E-state index in [-0.39, 0.29) is 4.66 Å². The number of rotatable bonds is 3. The number of hydrogen-bond donors (Lipinski definition) is 1. The zero-order chi connectivity index (χ0) is 10.8. The first kappa shape index (κ1) is 12.5. The maximum Gasteiger partial charge on any atom is 0.242 e. The van der Waals surface area contributed by atoms with Gasteiger partial charge in [-0.1, -0.05) is 22.0 Å². The summed E-state index contributed by atoms with van der Waals surface area (Å²) in [5.74, 6) is 0. The standard InChI is InChI=1S/C7H6Br3NO2S/c8-4-14(12,13)11-7-5(9)2-1-3-6(7)10/h1-3,11H,4H2. The summed E-state index contributed by atoms with van der Waals surface area (Å²) in [6.07, 6.45) is 0. The molecule has 0 aromatic heterocycles. The van der Waals surface area contributed by atoms with E-state index < -0.39 is 10.0 Å². The van der Waals surface area contributed by atoms with Crippen LogP contribution in [0.25, 0.3) is 0 Å². The minimum atomic E-state index is -3.31. The zero-order valence-electron chi connectivity index (χ0n) is 6.80. The van der Waals surface area contributed by atoms with Gasteiger partial charge in [0, 0.05) is 8.95 Å². The van der Waals surface area contributed by atoms with Crippen LogP contribution in [0.5, 0.6) is 0 Å². The van der Waals surface area contributed by atoms with Crippen LogP contribution < -0.4 is 4.72 Å². The smallest absolute Gasteiger partial charge is 0.242 e. The lowest BCUT2D eigenvalue weighted by Gasteiger charge is -2.09. The van der Waals surface area contributed by atoms with Crippen LogP contribution in [-0.2, 0) is 10.0 Å². The van der Waals surface area contributed by atoms with E-state index >= 15 is 0 Å². The lowest BCUT2D eigenvalue weighted by molar-refractivity contribution is 0.606. The maximum atomic E-state index is 11.3. The van der Waals surface area contributed by atoms with Crippen LogP contribution in [0.1, 0.15) is 0 Å². The molecule has 0 bridgehead atoms. The normalized spacial score (nSPS) is 11.4. The summed E-state index contributed by atoms with van der Waals surface area (Å²) in [5, 5.41) is 0. The molecule has 1 aromatic rings. The summed E-state index contributed by atoms with van der Waals surface area (Å²) in [7, 11) is -3.31. The van der Waals surface area contributed by atoms with Crippen molar-refractivity contribution in [3.63, 3.8) is 0 Å². The number of sulfonamides is 1. The summed E-state index contributed by atoms with van der Waals surface area (Å²) in [6.45, 7) is 0. The molecule has 0 atom stereocenters. The van der Waals surface area contributed by atoms with E-state index in [0.29, 0.717) is 14.6 Å². The van der Waals surface area contributed by atoms with Crippen molar-refractivity contribution in [3.8, 4) is 0 Å². The molecule has 0 spiro atoms. The molecule has 1 rings (SSSR count). The number of alkyl halides is 1. The third-order valence-corrected chi connectivity index (χ3v) is 5.30. The van der Waals surface area contributed by atoms with Gasteiger partial charge in [-0.15, -0.1) is 0 Å². The first-order chi connectivity index (χ1) is 6.46. The van der Waals surface area contributed by atoms with Gasteiger partial charge in [-0.2, -0.15) is 0 Å². The van der Waals surface area contributed by atoms with Crippen LogP contribution in [0.3, 0.4) is 0 Å². The summed E-state index contributed by atoms with van der Waals surface area (Å²) < 4.78 is 26.2. The summed E-state index contributed by atoms with van der Waals surface area (Å²) in [6, 6.07) is 5.33. The van der Waals surface area contributed by atoms with E-state index in [2.05, 4.69) is 52.5 Å². The quantitative estimate of drug-likeness (QED) is 0.781. The highest BCUT2D eigenvalue weighted by atomic mass is 79.9. The molecule has 0 fully saturated rings. The van der Waals surface area contributed by atoms with Gasteiger partial charge in [0.1, 0.15) is 4.66 Å². The molecular formula is C7H6Br3NO2S. The van der Waals surface area contributed by atoms with Gasteiger partial charge in [0.25, 0.3) is 0 Å². The first-order valence-electron chi connectivity index (χ1n) is 3.47. The third kappa shape index (κ3) is 3.22. The lowest BCUT2D eigenvalue weighted by atomic mass is 10.3. The van der Waals surface area contributed by atoms with Gasteiger partial charge >= 0.3 is 0 Å². The van der Waals surface area contributed by atoms with Crippen LogP contribution in [-0.4, -0.2) is 13.1 Å². The average Bonchev–Trinajstić information content (AvgIpc) is 2.12. The largest absolute Gasteiger partial charge is 0.281 e.